The molecule has 0 spiro atoms. The number of ether oxygens (including phenoxy) is 1. The van der Waals surface area contributed by atoms with E-state index in [0.29, 0.717) is 5.75 Å². The molecule has 0 bridgehead atoms. The van der Waals surface area contributed by atoms with Crippen LogP contribution in [0.25, 0.3) is 0 Å². The van der Waals surface area contributed by atoms with Crippen molar-refractivity contribution in [2.75, 3.05) is 12.4 Å². The van der Waals surface area contributed by atoms with E-state index < -0.39 is 5.97 Å². The second-order valence-corrected chi connectivity index (χ2v) is 5.05. The zero-order valence-corrected chi connectivity index (χ0v) is 10.4. The van der Waals surface area contributed by atoms with Crippen molar-refractivity contribution < 1.29 is 14.6 Å². The van der Waals surface area contributed by atoms with Crippen LogP contribution in [0.4, 0.5) is 0 Å². The van der Waals surface area contributed by atoms with Crippen molar-refractivity contribution in [3.63, 3.8) is 0 Å². The summed E-state index contributed by atoms with van der Waals surface area (Å²) in [7, 11) is 0. The van der Waals surface area contributed by atoms with Crippen molar-refractivity contribution in [1.82, 2.24) is 9.55 Å². The first-order chi connectivity index (χ1) is 8.25. The number of hydrogen-bond acceptors (Lipinski definition) is 4. The zero-order valence-electron chi connectivity index (χ0n) is 9.54. The maximum absolute atomic E-state index is 10.4. The van der Waals surface area contributed by atoms with Crippen LogP contribution >= 0.6 is 11.8 Å². The minimum Gasteiger partial charge on any atom is -0.481 e. The van der Waals surface area contributed by atoms with Gasteiger partial charge in [-0.2, -0.15) is 0 Å². The second kappa shape index (κ2) is 6.07. The van der Waals surface area contributed by atoms with E-state index in [0.717, 1.165) is 31.1 Å². The number of carbonyl (C=O) groups is 1. The van der Waals surface area contributed by atoms with Gasteiger partial charge in [-0.3, -0.25) is 4.79 Å². The summed E-state index contributed by atoms with van der Waals surface area (Å²) >= 11 is 1.48. The number of hydrogen-bond donors (Lipinski definition) is 1. The molecule has 2 heterocycles. The number of aromatic nitrogens is 2. The largest absolute Gasteiger partial charge is 0.481 e. The molecule has 1 saturated heterocycles. The van der Waals surface area contributed by atoms with Crippen LogP contribution in [0.3, 0.4) is 0 Å². The summed E-state index contributed by atoms with van der Waals surface area (Å²) in [5, 5.41) is 9.46. The fourth-order valence-corrected chi connectivity index (χ4v) is 2.71. The first-order valence-electron chi connectivity index (χ1n) is 5.73. The number of thioether (sulfide) groups is 1. The van der Waals surface area contributed by atoms with Gasteiger partial charge in [-0.15, -0.1) is 0 Å². The Morgan fingerprint density at radius 1 is 1.71 bits per heavy atom. The molecule has 1 fully saturated rings. The second-order valence-electron chi connectivity index (χ2n) is 3.99. The molecule has 5 nitrogen and oxygen atoms in total. The molecule has 1 aromatic heterocycles. The third-order valence-corrected chi connectivity index (χ3v) is 3.66. The highest BCUT2D eigenvalue weighted by atomic mass is 32.2. The van der Waals surface area contributed by atoms with Crippen molar-refractivity contribution in [2.24, 2.45) is 0 Å². The Morgan fingerprint density at radius 3 is 3.29 bits per heavy atom. The molecule has 1 aromatic rings. The Balaban J connectivity index is 1.85. The molecule has 1 atom stereocenters. The Morgan fingerprint density at radius 2 is 2.59 bits per heavy atom. The van der Waals surface area contributed by atoms with Crippen molar-refractivity contribution in [2.45, 2.75) is 37.1 Å². The summed E-state index contributed by atoms with van der Waals surface area (Å²) in [6.45, 7) is 1.66. The van der Waals surface area contributed by atoms with E-state index in [1.54, 1.807) is 6.20 Å². The zero-order chi connectivity index (χ0) is 12.1. The van der Waals surface area contributed by atoms with Crippen LogP contribution < -0.4 is 0 Å². The molecule has 1 aliphatic heterocycles. The molecule has 0 saturated carbocycles. The minimum atomic E-state index is -0.769. The molecule has 17 heavy (non-hydrogen) atoms. The van der Waals surface area contributed by atoms with E-state index in [4.69, 9.17) is 9.84 Å². The van der Waals surface area contributed by atoms with E-state index in [9.17, 15) is 4.79 Å². The molecule has 0 aliphatic carbocycles. The lowest BCUT2D eigenvalue weighted by Gasteiger charge is -2.12. The highest BCUT2D eigenvalue weighted by Gasteiger charge is 2.17. The van der Waals surface area contributed by atoms with Crippen molar-refractivity contribution in [1.29, 1.82) is 0 Å². The molecule has 1 unspecified atom stereocenters. The van der Waals surface area contributed by atoms with Gasteiger partial charge in [-0.1, -0.05) is 11.8 Å². The van der Waals surface area contributed by atoms with Gasteiger partial charge in [0, 0.05) is 24.8 Å². The van der Waals surface area contributed by atoms with Crippen molar-refractivity contribution >= 4 is 17.7 Å². The van der Waals surface area contributed by atoms with Crippen LogP contribution in [-0.4, -0.2) is 39.1 Å². The lowest BCUT2D eigenvalue weighted by Crippen LogP contribution is -2.15. The molecular formula is C11H16N2O3S. The first-order valence-corrected chi connectivity index (χ1v) is 6.71. The normalized spacial score (nSPS) is 19.6. The van der Waals surface area contributed by atoms with Gasteiger partial charge in [0.1, 0.15) is 0 Å². The lowest BCUT2D eigenvalue weighted by molar-refractivity contribution is -0.136. The average molecular weight is 256 g/mol. The topological polar surface area (TPSA) is 64.3 Å². The number of imidazole rings is 1. The summed E-state index contributed by atoms with van der Waals surface area (Å²) in [6, 6.07) is 0. The smallest absolute Gasteiger partial charge is 0.304 e. The van der Waals surface area contributed by atoms with Crippen LogP contribution in [-0.2, 0) is 16.1 Å². The van der Waals surface area contributed by atoms with Crippen molar-refractivity contribution in [3.8, 4) is 0 Å². The number of carboxylic acids is 1. The van der Waals surface area contributed by atoms with Crippen LogP contribution in [0.15, 0.2) is 17.6 Å². The number of aliphatic carboxylic acids is 1. The highest BCUT2D eigenvalue weighted by Crippen LogP contribution is 2.20. The van der Waals surface area contributed by atoms with Gasteiger partial charge in [0.2, 0.25) is 0 Å². The third-order valence-electron chi connectivity index (χ3n) is 2.65. The Bertz CT molecular complexity index is 375. The SMILES string of the molecule is O=C(O)CCSc1nccn1CC1CCCO1. The van der Waals surface area contributed by atoms with E-state index >= 15 is 0 Å². The van der Waals surface area contributed by atoms with E-state index in [2.05, 4.69) is 4.98 Å². The third kappa shape index (κ3) is 3.74. The molecule has 2 rings (SSSR count). The van der Waals surface area contributed by atoms with Crippen LogP contribution in [0.5, 0.6) is 0 Å². The predicted molar refractivity (Wildman–Crippen MR) is 64.2 cm³/mol. The Labute approximate surface area is 104 Å². The standard InChI is InChI=1S/C11H16N2O3S/c14-10(15)3-7-17-11-12-4-5-13(11)8-9-2-1-6-16-9/h4-5,9H,1-3,6-8H2,(H,14,15). The fraction of sp³-hybridized carbons (Fsp3) is 0.636. The molecule has 1 aliphatic rings. The van der Waals surface area contributed by atoms with Gasteiger partial charge in [0.15, 0.2) is 5.16 Å². The molecular weight excluding hydrogens is 240 g/mol. The van der Waals surface area contributed by atoms with Crippen molar-refractivity contribution in [3.05, 3.63) is 12.4 Å². The summed E-state index contributed by atoms with van der Waals surface area (Å²) < 4.78 is 7.62. The van der Waals surface area contributed by atoms with Gasteiger partial charge in [0.25, 0.3) is 0 Å². The van der Waals surface area contributed by atoms with E-state index in [1.165, 1.54) is 11.8 Å². The first kappa shape index (κ1) is 12.4. The quantitative estimate of drug-likeness (QED) is 0.784. The van der Waals surface area contributed by atoms with Gasteiger partial charge in [-0.05, 0) is 12.8 Å². The Hall–Kier alpha value is -1.01. The van der Waals surface area contributed by atoms with E-state index in [1.807, 2.05) is 10.8 Å². The molecule has 6 heteroatoms. The summed E-state index contributed by atoms with van der Waals surface area (Å²) in [5.41, 5.74) is 0. The number of rotatable bonds is 6. The lowest BCUT2D eigenvalue weighted by atomic mass is 10.2. The van der Waals surface area contributed by atoms with Crippen LogP contribution in [0, 0.1) is 0 Å². The monoisotopic (exact) mass is 256 g/mol. The Kier molecular flexibility index (Phi) is 4.44. The fourth-order valence-electron chi connectivity index (χ4n) is 1.81. The summed E-state index contributed by atoms with van der Waals surface area (Å²) in [5.74, 6) is -0.215. The van der Waals surface area contributed by atoms with Crippen LogP contribution in [0.1, 0.15) is 19.3 Å². The highest BCUT2D eigenvalue weighted by molar-refractivity contribution is 7.99. The summed E-state index contributed by atoms with van der Waals surface area (Å²) in [4.78, 5) is 14.7. The van der Waals surface area contributed by atoms with Gasteiger partial charge in [0.05, 0.1) is 19.1 Å². The van der Waals surface area contributed by atoms with Crippen LogP contribution in [0.2, 0.25) is 0 Å². The molecule has 0 amide bonds. The molecule has 94 valence electrons. The average Bonchev–Trinajstić information content (AvgIpc) is 2.91. The summed E-state index contributed by atoms with van der Waals surface area (Å²) in [6.07, 6.45) is 6.33. The maximum atomic E-state index is 10.4. The molecule has 0 aromatic carbocycles. The number of carboxylic acid groups (broad SMARTS) is 1. The van der Waals surface area contributed by atoms with Gasteiger partial charge >= 0.3 is 5.97 Å². The van der Waals surface area contributed by atoms with Gasteiger partial charge < -0.3 is 14.4 Å². The predicted octanol–water partition coefficient (Wildman–Crippen LogP) is 1.63. The minimum absolute atomic E-state index is 0.164. The molecule has 1 N–H and O–H groups in total. The van der Waals surface area contributed by atoms with E-state index in [-0.39, 0.29) is 12.5 Å². The molecule has 0 radical (unpaired) electrons. The number of nitrogens with zero attached hydrogens (tertiary/aromatic N) is 2. The van der Waals surface area contributed by atoms with Gasteiger partial charge in [-0.25, -0.2) is 4.98 Å². The maximum Gasteiger partial charge on any atom is 0.304 e.